The van der Waals surface area contributed by atoms with Crippen molar-refractivity contribution in [3.63, 3.8) is 0 Å². The van der Waals surface area contributed by atoms with Gasteiger partial charge in [-0.1, -0.05) is 0 Å². The van der Waals surface area contributed by atoms with Gasteiger partial charge in [0.15, 0.2) is 0 Å². The standard InChI is InChI=1S/C15H22N4O3/c1-15(2,3)22-14(21)18-9-4-6-13(20)19(11-18)10-12-16-7-5-8-17-12/h5,7-8H,4,6,9-11H2,1-3H3. The number of hydrogen-bond acceptors (Lipinski definition) is 5. The van der Waals surface area contributed by atoms with Gasteiger partial charge in [0.25, 0.3) is 0 Å². The van der Waals surface area contributed by atoms with Crippen LogP contribution in [0.4, 0.5) is 4.79 Å². The number of rotatable bonds is 2. The molecule has 0 unspecified atom stereocenters. The molecule has 1 aromatic rings. The zero-order chi connectivity index (χ0) is 16.2. The van der Waals surface area contributed by atoms with Gasteiger partial charge in [-0.25, -0.2) is 14.8 Å². The summed E-state index contributed by atoms with van der Waals surface area (Å²) >= 11 is 0. The van der Waals surface area contributed by atoms with E-state index >= 15 is 0 Å². The Hall–Kier alpha value is -2.18. The van der Waals surface area contributed by atoms with Crippen molar-refractivity contribution in [2.24, 2.45) is 0 Å². The van der Waals surface area contributed by atoms with Gasteiger partial charge in [0.1, 0.15) is 11.4 Å². The summed E-state index contributed by atoms with van der Waals surface area (Å²) in [7, 11) is 0. The molecule has 1 aliphatic heterocycles. The number of amides is 2. The number of carbonyl (C=O) groups is 2. The third-order valence-electron chi connectivity index (χ3n) is 3.12. The number of ether oxygens (including phenoxy) is 1. The van der Waals surface area contributed by atoms with Crippen molar-refractivity contribution in [3.8, 4) is 0 Å². The summed E-state index contributed by atoms with van der Waals surface area (Å²) in [5.74, 6) is 0.556. The topological polar surface area (TPSA) is 75.6 Å². The smallest absolute Gasteiger partial charge is 0.411 e. The molecule has 0 spiro atoms. The zero-order valence-electron chi connectivity index (χ0n) is 13.3. The molecule has 1 aromatic heterocycles. The lowest BCUT2D eigenvalue weighted by atomic mass is 10.2. The molecule has 0 aromatic carbocycles. The van der Waals surface area contributed by atoms with Crippen LogP contribution in [0, 0.1) is 0 Å². The minimum Gasteiger partial charge on any atom is -0.444 e. The van der Waals surface area contributed by atoms with Gasteiger partial charge in [-0.2, -0.15) is 0 Å². The van der Waals surface area contributed by atoms with Crippen LogP contribution in [-0.4, -0.2) is 50.6 Å². The van der Waals surface area contributed by atoms with Crippen molar-refractivity contribution in [1.29, 1.82) is 0 Å². The van der Waals surface area contributed by atoms with E-state index in [2.05, 4.69) is 9.97 Å². The lowest BCUT2D eigenvalue weighted by molar-refractivity contribution is -0.132. The highest BCUT2D eigenvalue weighted by Crippen LogP contribution is 2.15. The molecule has 0 saturated carbocycles. The lowest BCUT2D eigenvalue weighted by Crippen LogP contribution is -2.44. The Balaban J connectivity index is 2.05. The zero-order valence-corrected chi connectivity index (χ0v) is 13.3. The molecule has 1 saturated heterocycles. The second-order valence-electron chi connectivity index (χ2n) is 6.25. The molecule has 0 N–H and O–H groups in total. The molecule has 1 fully saturated rings. The average Bonchev–Trinajstić information content (AvgIpc) is 2.61. The van der Waals surface area contributed by atoms with E-state index in [-0.39, 0.29) is 12.6 Å². The lowest BCUT2D eigenvalue weighted by Gasteiger charge is -2.29. The summed E-state index contributed by atoms with van der Waals surface area (Å²) in [5.41, 5.74) is -0.555. The van der Waals surface area contributed by atoms with Gasteiger partial charge in [0, 0.05) is 25.4 Å². The predicted molar refractivity (Wildman–Crippen MR) is 79.6 cm³/mol. The van der Waals surface area contributed by atoms with E-state index in [1.807, 2.05) is 20.8 Å². The first-order chi connectivity index (χ1) is 10.3. The van der Waals surface area contributed by atoms with E-state index in [0.717, 1.165) is 0 Å². The molecule has 0 radical (unpaired) electrons. The van der Waals surface area contributed by atoms with Gasteiger partial charge >= 0.3 is 6.09 Å². The van der Waals surface area contributed by atoms with Crippen LogP contribution in [0.5, 0.6) is 0 Å². The van der Waals surface area contributed by atoms with E-state index in [0.29, 0.717) is 31.8 Å². The second kappa shape index (κ2) is 6.72. The Morgan fingerprint density at radius 1 is 1.32 bits per heavy atom. The van der Waals surface area contributed by atoms with Crippen molar-refractivity contribution < 1.29 is 14.3 Å². The maximum atomic E-state index is 12.2. The third kappa shape index (κ3) is 4.68. The average molecular weight is 306 g/mol. The summed E-state index contributed by atoms with van der Waals surface area (Å²) in [6.45, 7) is 6.47. The first-order valence-corrected chi connectivity index (χ1v) is 7.37. The SMILES string of the molecule is CC(C)(C)OC(=O)N1CCCC(=O)N(Cc2ncccn2)C1. The second-order valence-corrected chi connectivity index (χ2v) is 6.25. The van der Waals surface area contributed by atoms with Crippen molar-refractivity contribution >= 4 is 12.0 Å². The predicted octanol–water partition coefficient (Wildman–Crippen LogP) is 1.79. The van der Waals surface area contributed by atoms with Gasteiger partial charge in [0.05, 0.1) is 13.2 Å². The molecule has 2 rings (SSSR count). The van der Waals surface area contributed by atoms with Crippen LogP contribution in [0.15, 0.2) is 18.5 Å². The molecule has 7 heteroatoms. The van der Waals surface area contributed by atoms with Gasteiger partial charge in [-0.05, 0) is 33.3 Å². The van der Waals surface area contributed by atoms with Crippen molar-refractivity contribution in [1.82, 2.24) is 19.8 Å². The van der Waals surface area contributed by atoms with Crippen molar-refractivity contribution in [2.45, 2.75) is 45.8 Å². The molecule has 0 aliphatic carbocycles. The fraction of sp³-hybridized carbons (Fsp3) is 0.600. The van der Waals surface area contributed by atoms with Crippen LogP contribution >= 0.6 is 0 Å². The molecule has 22 heavy (non-hydrogen) atoms. The Morgan fingerprint density at radius 2 is 2.00 bits per heavy atom. The van der Waals surface area contributed by atoms with Crippen LogP contribution in [0.25, 0.3) is 0 Å². The summed E-state index contributed by atoms with van der Waals surface area (Å²) in [4.78, 5) is 35.8. The normalized spacial score (nSPS) is 16.4. The number of nitrogens with zero attached hydrogens (tertiary/aromatic N) is 4. The molecule has 2 amide bonds. The molecule has 0 atom stereocenters. The van der Waals surface area contributed by atoms with Crippen LogP contribution in [0.2, 0.25) is 0 Å². The van der Waals surface area contributed by atoms with Crippen LogP contribution < -0.4 is 0 Å². The van der Waals surface area contributed by atoms with Crippen molar-refractivity contribution in [3.05, 3.63) is 24.3 Å². The monoisotopic (exact) mass is 306 g/mol. The maximum Gasteiger partial charge on any atom is 0.411 e. The van der Waals surface area contributed by atoms with Crippen LogP contribution in [0.3, 0.4) is 0 Å². The van der Waals surface area contributed by atoms with Crippen LogP contribution in [0.1, 0.15) is 39.4 Å². The molecule has 2 heterocycles. The highest BCUT2D eigenvalue weighted by molar-refractivity contribution is 5.77. The number of aromatic nitrogens is 2. The maximum absolute atomic E-state index is 12.2. The Morgan fingerprint density at radius 3 is 2.64 bits per heavy atom. The first-order valence-electron chi connectivity index (χ1n) is 7.37. The fourth-order valence-corrected chi connectivity index (χ4v) is 2.13. The summed E-state index contributed by atoms with van der Waals surface area (Å²) in [6.07, 6.45) is 3.91. The molecular weight excluding hydrogens is 284 g/mol. The molecule has 120 valence electrons. The van der Waals surface area contributed by atoms with Gasteiger partial charge in [-0.3, -0.25) is 9.69 Å². The summed E-state index contributed by atoms with van der Waals surface area (Å²) in [6, 6.07) is 1.72. The van der Waals surface area contributed by atoms with Crippen LogP contribution in [-0.2, 0) is 16.1 Å². The Kier molecular flexibility index (Phi) is 4.95. The molecule has 7 nitrogen and oxygen atoms in total. The molecule has 1 aliphatic rings. The number of carbonyl (C=O) groups excluding carboxylic acids is 2. The van der Waals surface area contributed by atoms with Gasteiger partial charge in [-0.15, -0.1) is 0 Å². The summed E-state index contributed by atoms with van der Waals surface area (Å²) < 4.78 is 5.38. The molecule has 0 bridgehead atoms. The highest BCUT2D eigenvalue weighted by Gasteiger charge is 2.28. The van der Waals surface area contributed by atoms with E-state index in [1.54, 1.807) is 28.3 Å². The number of hydrogen-bond donors (Lipinski definition) is 0. The Bertz CT molecular complexity index is 527. The van der Waals surface area contributed by atoms with Crippen molar-refractivity contribution in [2.75, 3.05) is 13.2 Å². The largest absolute Gasteiger partial charge is 0.444 e. The van der Waals surface area contributed by atoms with Gasteiger partial charge < -0.3 is 9.64 Å². The minimum atomic E-state index is -0.555. The third-order valence-corrected chi connectivity index (χ3v) is 3.12. The van der Waals surface area contributed by atoms with Gasteiger partial charge in [0.2, 0.25) is 5.91 Å². The van der Waals surface area contributed by atoms with E-state index in [1.165, 1.54) is 0 Å². The highest BCUT2D eigenvalue weighted by atomic mass is 16.6. The van der Waals surface area contributed by atoms with E-state index < -0.39 is 11.7 Å². The van der Waals surface area contributed by atoms with E-state index in [4.69, 9.17) is 4.74 Å². The fourth-order valence-electron chi connectivity index (χ4n) is 2.13. The molecular formula is C15H22N4O3. The quantitative estimate of drug-likeness (QED) is 0.832. The Labute approximate surface area is 130 Å². The van der Waals surface area contributed by atoms with E-state index in [9.17, 15) is 9.59 Å². The first kappa shape index (κ1) is 16.2. The minimum absolute atomic E-state index is 0.00138. The summed E-state index contributed by atoms with van der Waals surface area (Å²) in [5, 5.41) is 0.